The summed E-state index contributed by atoms with van der Waals surface area (Å²) in [6, 6.07) is 13.5. The molecular weight excluding hydrogens is 368 g/mol. The first-order chi connectivity index (χ1) is 12.5. The van der Waals surface area contributed by atoms with Crippen molar-refractivity contribution in [1.29, 1.82) is 0 Å². The maximum atomic E-state index is 12.5. The molecule has 26 heavy (non-hydrogen) atoms. The van der Waals surface area contributed by atoms with Crippen LogP contribution in [0.15, 0.2) is 53.6 Å². The largest absolute Gasteiger partial charge is 0.481 e. The summed E-state index contributed by atoms with van der Waals surface area (Å²) in [6.07, 6.45) is 3.94. The van der Waals surface area contributed by atoms with Gasteiger partial charge in [0.1, 0.15) is 4.32 Å². The SMILES string of the molecule is O=C(O)CCCN1C(=O)C(=Cc2cccc(-c3ccccn3)c2)SC1=S. The molecule has 1 fully saturated rings. The van der Waals surface area contributed by atoms with Crippen molar-refractivity contribution in [2.24, 2.45) is 0 Å². The van der Waals surface area contributed by atoms with Gasteiger partial charge in [0.15, 0.2) is 0 Å². The molecule has 1 aliphatic heterocycles. The number of amides is 1. The highest BCUT2D eigenvalue weighted by atomic mass is 32.2. The predicted octanol–water partition coefficient (Wildman–Crippen LogP) is 3.81. The van der Waals surface area contributed by atoms with E-state index in [-0.39, 0.29) is 12.3 Å². The third kappa shape index (κ3) is 4.36. The first-order valence-corrected chi connectivity index (χ1v) is 9.26. The molecule has 0 atom stereocenters. The minimum atomic E-state index is -0.877. The van der Waals surface area contributed by atoms with Crippen molar-refractivity contribution >= 4 is 46.3 Å². The number of carboxylic acids is 1. The van der Waals surface area contributed by atoms with Crippen LogP contribution in [0.25, 0.3) is 17.3 Å². The van der Waals surface area contributed by atoms with Gasteiger partial charge in [0.05, 0.1) is 10.6 Å². The Morgan fingerprint density at radius 2 is 2.12 bits per heavy atom. The maximum Gasteiger partial charge on any atom is 0.303 e. The summed E-state index contributed by atoms with van der Waals surface area (Å²) in [4.78, 5) is 29.5. The van der Waals surface area contributed by atoms with E-state index in [4.69, 9.17) is 17.3 Å². The fourth-order valence-electron chi connectivity index (χ4n) is 2.55. The zero-order valence-corrected chi connectivity index (χ0v) is 15.4. The van der Waals surface area contributed by atoms with Crippen molar-refractivity contribution in [2.75, 3.05) is 6.54 Å². The molecule has 3 rings (SSSR count). The molecule has 1 saturated heterocycles. The van der Waals surface area contributed by atoms with E-state index >= 15 is 0 Å². The molecule has 1 aliphatic rings. The van der Waals surface area contributed by atoms with E-state index < -0.39 is 5.97 Å². The quantitative estimate of drug-likeness (QED) is 0.603. The monoisotopic (exact) mass is 384 g/mol. The van der Waals surface area contributed by atoms with Crippen LogP contribution in [0.4, 0.5) is 0 Å². The van der Waals surface area contributed by atoms with Gasteiger partial charge in [-0.25, -0.2) is 0 Å². The van der Waals surface area contributed by atoms with Crippen LogP contribution in [-0.2, 0) is 9.59 Å². The van der Waals surface area contributed by atoms with Crippen molar-refractivity contribution < 1.29 is 14.7 Å². The highest BCUT2D eigenvalue weighted by molar-refractivity contribution is 8.26. The summed E-state index contributed by atoms with van der Waals surface area (Å²) in [5.74, 6) is -1.05. The van der Waals surface area contributed by atoms with Gasteiger partial charge in [0.2, 0.25) is 0 Å². The normalized spacial score (nSPS) is 15.7. The van der Waals surface area contributed by atoms with Crippen LogP contribution in [-0.4, -0.2) is 37.7 Å². The molecule has 2 aromatic rings. The molecular formula is C19H16N2O3S2. The van der Waals surface area contributed by atoms with Crippen LogP contribution < -0.4 is 0 Å². The molecule has 1 amide bonds. The van der Waals surface area contributed by atoms with Crippen LogP contribution in [0, 0.1) is 0 Å². The molecule has 0 aliphatic carbocycles. The van der Waals surface area contributed by atoms with Gasteiger partial charge in [-0.05, 0) is 36.3 Å². The van der Waals surface area contributed by atoms with Gasteiger partial charge in [-0.1, -0.05) is 48.2 Å². The van der Waals surface area contributed by atoms with Gasteiger partial charge < -0.3 is 5.11 Å². The van der Waals surface area contributed by atoms with Gasteiger partial charge in [0, 0.05) is 24.7 Å². The number of pyridine rings is 1. The molecule has 0 spiro atoms. The molecule has 2 heterocycles. The van der Waals surface area contributed by atoms with Gasteiger partial charge in [-0.15, -0.1) is 0 Å². The first-order valence-electron chi connectivity index (χ1n) is 8.03. The van der Waals surface area contributed by atoms with Gasteiger partial charge in [-0.2, -0.15) is 0 Å². The lowest BCUT2D eigenvalue weighted by molar-refractivity contribution is -0.137. The van der Waals surface area contributed by atoms with E-state index in [0.717, 1.165) is 16.8 Å². The fraction of sp³-hybridized carbons (Fsp3) is 0.158. The lowest BCUT2D eigenvalue weighted by Crippen LogP contribution is -2.29. The summed E-state index contributed by atoms with van der Waals surface area (Å²) < 4.78 is 0.465. The van der Waals surface area contributed by atoms with E-state index in [1.54, 1.807) is 6.20 Å². The second-order valence-corrected chi connectivity index (χ2v) is 7.35. The van der Waals surface area contributed by atoms with Crippen LogP contribution in [0.2, 0.25) is 0 Å². The molecule has 0 radical (unpaired) electrons. The Bertz CT molecular complexity index is 881. The van der Waals surface area contributed by atoms with Crippen LogP contribution in [0.3, 0.4) is 0 Å². The Morgan fingerprint density at radius 3 is 2.85 bits per heavy atom. The summed E-state index contributed by atoms with van der Waals surface area (Å²) in [6.45, 7) is 0.322. The number of thioether (sulfide) groups is 1. The molecule has 0 bridgehead atoms. The molecule has 5 nitrogen and oxygen atoms in total. The number of carbonyl (C=O) groups excluding carboxylic acids is 1. The molecule has 7 heteroatoms. The van der Waals surface area contributed by atoms with E-state index in [1.807, 2.05) is 48.5 Å². The van der Waals surface area contributed by atoms with Crippen molar-refractivity contribution in [3.8, 4) is 11.3 Å². The second kappa shape index (κ2) is 8.25. The maximum absolute atomic E-state index is 12.5. The van der Waals surface area contributed by atoms with E-state index in [9.17, 15) is 9.59 Å². The van der Waals surface area contributed by atoms with Crippen LogP contribution >= 0.6 is 24.0 Å². The molecule has 132 valence electrons. The van der Waals surface area contributed by atoms with Crippen molar-refractivity contribution in [1.82, 2.24) is 9.88 Å². The third-order valence-corrected chi connectivity index (χ3v) is 5.17. The number of carbonyl (C=O) groups is 2. The Kier molecular flexibility index (Phi) is 5.80. The second-order valence-electron chi connectivity index (χ2n) is 5.67. The Labute approximate surface area is 160 Å². The number of thiocarbonyl (C=S) groups is 1. The molecule has 0 unspecified atom stereocenters. The lowest BCUT2D eigenvalue weighted by Gasteiger charge is -2.13. The fourth-order valence-corrected chi connectivity index (χ4v) is 3.86. The average molecular weight is 384 g/mol. The van der Waals surface area contributed by atoms with Crippen molar-refractivity contribution in [3.05, 3.63) is 59.1 Å². The number of hydrogen-bond donors (Lipinski definition) is 1. The van der Waals surface area contributed by atoms with Gasteiger partial charge >= 0.3 is 5.97 Å². The molecule has 1 N–H and O–H groups in total. The number of nitrogens with zero attached hydrogens (tertiary/aromatic N) is 2. The topological polar surface area (TPSA) is 70.5 Å². The summed E-state index contributed by atoms with van der Waals surface area (Å²) in [5.41, 5.74) is 2.72. The van der Waals surface area contributed by atoms with E-state index in [0.29, 0.717) is 22.2 Å². The number of carboxylic acid groups (broad SMARTS) is 1. The molecule has 0 saturated carbocycles. The van der Waals surface area contributed by atoms with Crippen molar-refractivity contribution in [3.63, 3.8) is 0 Å². The highest BCUT2D eigenvalue weighted by Crippen LogP contribution is 2.33. The smallest absolute Gasteiger partial charge is 0.303 e. The van der Waals surface area contributed by atoms with Crippen LogP contribution in [0.1, 0.15) is 18.4 Å². The Balaban J connectivity index is 1.77. The van der Waals surface area contributed by atoms with E-state index in [1.165, 1.54) is 16.7 Å². The highest BCUT2D eigenvalue weighted by Gasteiger charge is 2.31. The zero-order chi connectivity index (χ0) is 18.5. The Morgan fingerprint density at radius 1 is 1.27 bits per heavy atom. The summed E-state index contributed by atoms with van der Waals surface area (Å²) in [5, 5.41) is 8.73. The van der Waals surface area contributed by atoms with Crippen molar-refractivity contribution in [2.45, 2.75) is 12.8 Å². The predicted molar refractivity (Wildman–Crippen MR) is 106 cm³/mol. The lowest BCUT2D eigenvalue weighted by atomic mass is 10.1. The molecule has 1 aromatic heterocycles. The Hall–Kier alpha value is -2.51. The number of aliphatic carboxylic acids is 1. The van der Waals surface area contributed by atoms with E-state index in [2.05, 4.69) is 4.98 Å². The van der Waals surface area contributed by atoms with Crippen LogP contribution in [0.5, 0.6) is 0 Å². The summed E-state index contributed by atoms with van der Waals surface area (Å²) in [7, 11) is 0. The number of aromatic nitrogens is 1. The number of rotatable bonds is 6. The number of hydrogen-bond acceptors (Lipinski definition) is 5. The molecule has 1 aromatic carbocycles. The standard InChI is InChI=1S/C19H16N2O3S2/c22-17(23)8-4-10-21-18(24)16(26-19(21)25)12-13-5-3-6-14(11-13)15-7-1-2-9-20-15/h1-3,5-7,9,11-12H,4,8,10H2,(H,22,23). The average Bonchev–Trinajstić information content (AvgIpc) is 2.90. The summed E-state index contributed by atoms with van der Waals surface area (Å²) >= 11 is 6.51. The third-order valence-electron chi connectivity index (χ3n) is 3.79. The minimum absolute atomic E-state index is 0.0161. The first kappa shape index (κ1) is 18.3. The minimum Gasteiger partial charge on any atom is -0.481 e. The zero-order valence-electron chi connectivity index (χ0n) is 13.8. The van der Waals surface area contributed by atoms with Gasteiger partial charge in [0.25, 0.3) is 5.91 Å². The van der Waals surface area contributed by atoms with Gasteiger partial charge in [-0.3, -0.25) is 19.5 Å². The number of benzene rings is 1.